The number of carbonyl (C=O) groups is 2. The zero-order chi connectivity index (χ0) is 25.0. The molecule has 1 aliphatic rings. The molecule has 4 rings (SSSR count). The average molecular weight is 482 g/mol. The minimum Gasteiger partial charge on any atom is -0.458 e. The van der Waals surface area contributed by atoms with Crippen molar-refractivity contribution >= 4 is 11.8 Å². The Morgan fingerprint density at radius 1 is 1.23 bits per heavy atom. The molecule has 35 heavy (non-hydrogen) atoms. The molecule has 186 valence electrons. The maximum absolute atomic E-state index is 13.7. The second-order valence-corrected chi connectivity index (χ2v) is 9.66. The molecule has 1 N–H and O–H groups in total. The fourth-order valence-corrected chi connectivity index (χ4v) is 3.99. The fourth-order valence-electron chi connectivity index (χ4n) is 3.99. The largest absolute Gasteiger partial charge is 0.458 e. The Hall–Kier alpha value is -3.60. The Balaban J connectivity index is 1.62. The number of amides is 2. The van der Waals surface area contributed by atoms with Gasteiger partial charge in [-0.2, -0.15) is 4.80 Å². The Kier molecular flexibility index (Phi) is 7.25. The summed E-state index contributed by atoms with van der Waals surface area (Å²) in [5, 5.41) is 15.3. The van der Waals surface area contributed by atoms with Gasteiger partial charge in [0.05, 0.1) is 6.10 Å². The number of carbonyl (C=O) groups excluding carboxylic acids is 2. The molecule has 3 aromatic rings. The lowest BCUT2D eigenvalue weighted by atomic mass is 10.0. The van der Waals surface area contributed by atoms with Gasteiger partial charge in [-0.3, -0.25) is 14.6 Å². The van der Waals surface area contributed by atoms with Gasteiger partial charge in [-0.25, -0.2) is 0 Å². The quantitative estimate of drug-likeness (QED) is 0.519. The molecule has 0 spiro atoms. The van der Waals surface area contributed by atoms with E-state index in [4.69, 9.17) is 9.15 Å². The van der Waals surface area contributed by atoms with Crippen molar-refractivity contribution in [2.45, 2.75) is 64.8 Å². The third-order valence-corrected chi connectivity index (χ3v) is 5.52. The molecule has 11 heteroatoms. The fraction of sp³-hybridized carbons (Fsp3) is 0.500. The highest BCUT2D eigenvalue weighted by atomic mass is 16.5. The van der Waals surface area contributed by atoms with Crippen LogP contribution in [0, 0.1) is 6.92 Å². The van der Waals surface area contributed by atoms with Crippen LogP contribution in [-0.2, 0) is 20.9 Å². The Morgan fingerprint density at radius 2 is 2.00 bits per heavy atom. The summed E-state index contributed by atoms with van der Waals surface area (Å²) in [5.41, 5.74) is 0.177. The van der Waals surface area contributed by atoms with Gasteiger partial charge < -0.3 is 19.4 Å². The van der Waals surface area contributed by atoms with Gasteiger partial charge >= 0.3 is 0 Å². The van der Waals surface area contributed by atoms with Crippen LogP contribution >= 0.6 is 0 Å². The molecule has 4 heterocycles. The number of nitrogens with zero attached hydrogens (tertiary/aromatic N) is 6. The van der Waals surface area contributed by atoms with E-state index < -0.39 is 11.6 Å². The van der Waals surface area contributed by atoms with Gasteiger partial charge in [0.2, 0.25) is 17.6 Å². The molecule has 0 saturated carbocycles. The van der Waals surface area contributed by atoms with E-state index in [1.54, 1.807) is 41.6 Å². The van der Waals surface area contributed by atoms with Gasteiger partial charge in [-0.1, -0.05) is 0 Å². The molecule has 1 aliphatic heterocycles. The van der Waals surface area contributed by atoms with Crippen LogP contribution in [0.15, 0.2) is 41.1 Å². The first-order chi connectivity index (χ1) is 16.7. The van der Waals surface area contributed by atoms with Gasteiger partial charge in [0.1, 0.15) is 18.3 Å². The lowest BCUT2D eigenvalue weighted by Gasteiger charge is -2.34. The van der Waals surface area contributed by atoms with Gasteiger partial charge in [0.15, 0.2) is 5.76 Å². The monoisotopic (exact) mass is 481 g/mol. The lowest BCUT2D eigenvalue weighted by Crippen LogP contribution is -2.51. The van der Waals surface area contributed by atoms with Crippen LogP contribution in [0.25, 0.3) is 11.6 Å². The topological polar surface area (TPSA) is 128 Å². The van der Waals surface area contributed by atoms with Crippen LogP contribution in [-0.4, -0.2) is 66.7 Å². The summed E-state index contributed by atoms with van der Waals surface area (Å²) in [6, 6.07) is 6.17. The normalized spacial score (nSPS) is 16.7. The van der Waals surface area contributed by atoms with Gasteiger partial charge in [-0.15, -0.1) is 10.2 Å². The molecule has 3 aromatic heterocycles. The molecule has 1 fully saturated rings. The van der Waals surface area contributed by atoms with E-state index in [1.165, 1.54) is 4.80 Å². The number of nitrogens with one attached hydrogen (secondary N) is 1. The maximum Gasteiger partial charge on any atom is 0.247 e. The third kappa shape index (κ3) is 6.30. The molecule has 2 atom stereocenters. The van der Waals surface area contributed by atoms with Crippen molar-refractivity contribution in [1.29, 1.82) is 0 Å². The number of hydrogen-bond acceptors (Lipinski definition) is 8. The first kappa shape index (κ1) is 24.5. The number of pyridine rings is 1. The average Bonchev–Trinajstić information content (AvgIpc) is 3.55. The van der Waals surface area contributed by atoms with E-state index in [0.717, 1.165) is 18.6 Å². The van der Waals surface area contributed by atoms with E-state index in [2.05, 4.69) is 25.7 Å². The summed E-state index contributed by atoms with van der Waals surface area (Å²) in [6.45, 7) is 8.24. The summed E-state index contributed by atoms with van der Waals surface area (Å²) >= 11 is 0. The molecule has 0 aromatic carbocycles. The number of tetrazole rings is 1. The van der Waals surface area contributed by atoms with Crippen LogP contribution in [0.3, 0.4) is 0 Å². The summed E-state index contributed by atoms with van der Waals surface area (Å²) in [7, 11) is 0. The Morgan fingerprint density at radius 3 is 2.63 bits per heavy atom. The van der Waals surface area contributed by atoms with E-state index >= 15 is 0 Å². The second-order valence-electron chi connectivity index (χ2n) is 9.66. The number of ether oxygens (including phenoxy) is 1. The number of rotatable bonds is 8. The Bertz CT molecular complexity index is 1150. The van der Waals surface area contributed by atoms with E-state index in [0.29, 0.717) is 17.9 Å². The zero-order valence-corrected chi connectivity index (χ0v) is 20.5. The summed E-state index contributed by atoms with van der Waals surface area (Å²) in [4.78, 5) is 34.0. The SMILES string of the molecule is Cc1ccc(-c2nnn(CC(=O)N(C[C@@H]3CCCO3)[C@@H](C(=O)NC(C)(C)C)c3ccncc3)n2)o1. The van der Waals surface area contributed by atoms with Crippen LogP contribution in [0.2, 0.25) is 0 Å². The highest BCUT2D eigenvalue weighted by Gasteiger charge is 2.35. The maximum atomic E-state index is 13.7. The summed E-state index contributed by atoms with van der Waals surface area (Å²) in [5.74, 6) is 0.865. The van der Waals surface area contributed by atoms with E-state index in [1.807, 2.05) is 27.7 Å². The van der Waals surface area contributed by atoms with Gasteiger partial charge in [-0.05, 0) is 75.6 Å². The predicted molar refractivity (Wildman–Crippen MR) is 126 cm³/mol. The number of hydrogen-bond donors (Lipinski definition) is 1. The Labute approximate surface area is 203 Å². The van der Waals surface area contributed by atoms with Crippen molar-refractivity contribution in [3.63, 3.8) is 0 Å². The first-order valence-corrected chi connectivity index (χ1v) is 11.7. The van der Waals surface area contributed by atoms with Crippen LogP contribution in [0.4, 0.5) is 0 Å². The summed E-state index contributed by atoms with van der Waals surface area (Å²) in [6.07, 6.45) is 4.79. The van der Waals surface area contributed by atoms with Crippen LogP contribution < -0.4 is 5.32 Å². The van der Waals surface area contributed by atoms with Crippen molar-refractivity contribution in [3.05, 3.63) is 48.0 Å². The number of aromatic nitrogens is 5. The molecule has 11 nitrogen and oxygen atoms in total. The highest BCUT2D eigenvalue weighted by molar-refractivity contribution is 5.89. The smallest absolute Gasteiger partial charge is 0.247 e. The van der Waals surface area contributed by atoms with Crippen molar-refractivity contribution in [1.82, 2.24) is 35.4 Å². The molecule has 1 saturated heterocycles. The zero-order valence-electron chi connectivity index (χ0n) is 20.5. The lowest BCUT2D eigenvalue weighted by molar-refractivity contribution is -0.144. The third-order valence-electron chi connectivity index (χ3n) is 5.52. The molecule has 0 unspecified atom stereocenters. The molecule has 0 radical (unpaired) electrons. The standard InChI is InChI=1S/C24H31N7O4/c1-16-7-8-19(35-16)22-27-29-31(28-22)15-20(32)30(14-18-6-5-13-34-18)21(17-9-11-25-12-10-17)23(33)26-24(2,3)4/h7-12,18,21H,5-6,13-15H2,1-4H3,(H,26,33)/t18-,21+/m0/s1. The van der Waals surface area contributed by atoms with Gasteiger partial charge in [0, 0.05) is 31.1 Å². The molecule has 0 bridgehead atoms. The van der Waals surface area contributed by atoms with Crippen molar-refractivity contribution in [2.75, 3.05) is 13.2 Å². The van der Waals surface area contributed by atoms with Crippen LogP contribution in [0.5, 0.6) is 0 Å². The molecular weight excluding hydrogens is 450 g/mol. The van der Waals surface area contributed by atoms with Crippen molar-refractivity contribution in [3.8, 4) is 11.6 Å². The molecule has 0 aliphatic carbocycles. The molecule has 2 amide bonds. The van der Waals surface area contributed by atoms with E-state index in [9.17, 15) is 9.59 Å². The predicted octanol–water partition coefficient (Wildman–Crippen LogP) is 2.30. The van der Waals surface area contributed by atoms with Gasteiger partial charge in [0.25, 0.3) is 0 Å². The number of furan rings is 1. The first-order valence-electron chi connectivity index (χ1n) is 11.7. The minimum atomic E-state index is -0.871. The van der Waals surface area contributed by atoms with Crippen molar-refractivity contribution < 1.29 is 18.7 Å². The van der Waals surface area contributed by atoms with Crippen LogP contribution in [0.1, 0.15) is 51.0 Å². The minimum absolute atomic E-state index is 0.156. The molecular formula is C24H31N7O4. The van der Waals surface area contributed by atoms with E-state index in [-0.39, 0.29) is 36.8 Å². The van der Waals surface area contributed by atoms with Crippen molar-refractivity contribution in [2.24, 2.45) is 0 Å². The number of aryl methyl sites for hydroxylation is 1. The second kappa shape index (κ2) is 10.3. The highest BCUT2D eigenvalue weighted by Crippen LogP contribution is 2.25. The summed E-state index contributed by atoms with van der Waals surface area (Å²) < 4.78 is 11.4.